The first-order valence-corrected chi connectivity index (χ1v) is 8.83. The van der Waals surface area contributed by atoms with Gasteiger partial charge in [0, 0.05) is 63.6 Å². The average molecular weight is 345 g/mol. The van der Waals surface area contributed by atoms with Crippen LogP contribution in [0.2, 0.25) is 0 Å². The molecule has 24 heavy (non-hydrogen) atoms. The van der Waals surface area contributed by atoms with Crippen LogP contribution in [0.25, 0.3) is 0 Å². The Labute approximate surface area is 146 Å². The molecular weight excluding hydrogens is 322 g/mol. The molecule has 0 radical (unpaired) electrons. The first-order chi connectivity index (χ1) is 11.6. The fourth-order valence-electron chi connectivity index (χ4n) is 2.72. The zero-order chi connectivity index (χ0) is 16.9. The van der Waals surface area contributed by atoms with Crippen LogP contribution in [0.5, 0.6) is 0 Å². The molecule has 2 aromatic rings. The molecule has 0 bridgehead atoms. The van der Waals surface area contributed by atoms with Crippen molar-refractivity contribution in [1.29, 1.82) is 0 Å². The molecule has 1 fully saturated rings. The number of guanidine groups is 1. The topological polar surface area (TPSA) is 73.9 Å². The van der Waals surface area contributed by atoms with E-state index >= 15 is 0 Å². The van der Waals surface area contributed by atoms with Crippen LogP contribution in [0.3, 0.4) is 0 Å². The van der Waals surface area contributed by atoms with Gasteiger partial charge in [0.25, 0.3) is 0 Å². The minimum atomic E-state index is 0.542. The van der Waals surface area contributed by atoms with Crippen LogP contribution >= 0.6 is 11.3 Å². The summed E-state index contributed by atoms with van der Waals surface area (Å²) in [5, 5.41) is 3.09. The van der Waals surface area contributed by atoms with E-state index in [1.165, 1.54) is 0 Å². The van der Waals surface area contributed by atoms with Gasteiger partial charge < -0.3 is 20.4 Å². The number of hydrogen-bond donors (Lipinski definition) is 1. The number of rotatable bonds is 4. The molecule has 3 rings (SSSR count). The van der Waals surface area contributed by atoms with Gasteiger partial charge in [-0.3, -0.25) is 0 Å². The first kappa shape index (κ1) is 16.5. The average Bonchev–Trinajstić information content (AvgIpc) is 3.14. The predicted octanol–water partition coefficient (Wildman–Crippen LogP) is 1.24. The van der Waals surface area contributed by atoms with E-state index in [1.807, 2.05) is 42.7 Å². The minimum absolute atomic E-state index is 0.542. The van der Waals surface area contributed by atoms with Crippen LogP contribution in [0, 0.1) is 0 Å². The van der Waals surface area contributed by atoms with Gasteiger partial charge in [-0.05, 0) is 6.07 Å². The molecule has 0 aliphatic carbocycles. The molecule has 3 heterocycles. The van der Waals surface area contributed by atoms with Gasteiger partial charge in [-0.25, -0.2) is 15.0 Å². The molecule has 0 saturated carbocycles. The predicted molar refractivity (Wildman–Crippen MR) is 99.8 cm³/mol. The van der Waals surface area contributed by atoms with Gasteiger partial charge >= 0.3 is 0 Å². The monoisotopic (exact) mass is 345 g/mol. The molecule has 0 atom stereocenters. The Kier molecular flexibility index (Phi) is 5.14. The van der Waals surface area contributed by atoms with E-state index in [0.717, 1.165) is 42.7 Å². The van der Waals surface area contributed by atoms with E-state index in [2.05, 4.69) is 24.8 Å². The number of piperazine rings is 1. The van der Waals surface area contributed by atoms with Crippen LogP contribution in [-0.4, -0.2) is 61.1 Å². The lowest BCUT2D eigenvalue weighted by Crippen LogP contribution is -2.51. The highest BCUT2D eigenvalue weighted by Crippen LogP contribution is 2.19. The van der Waals surface area contributed by atoms with Gasteiger partial charge in [0.1, 0.15) is 5.82 Å². The summed E-state index contributed by atoms with van der Waals surface area (Å²) in [7, 11) is 3.97. The number of thiazole rings is 1. The second-order valence-corrected chi connectivity index (χ2v) is 6.72. The smallest absolute Gasteiger partial charge is 0.191 e. The standard InChI is InChI=1S/C16H23N7S/c1-21(2)14-13(4-3-5-18-14)12-20-15(17)22-7-9-23(10-8-22)16-19-6-11-24-16/h3-6,11H,7-10,12H2,1-2H3,(H2,17,20). The molecule has 1 saturated heterocycles. The summed E-state index contributed by atoms with van der Waals surface area (Å²) in [6.07, 6.45) is 3.64. The number of aliphatic imine (C=N–C) groups is 1. The quantitative estimate of drug-likeness (QED) is 0.664. The lowest BCUT2D eigenvalue weighted by molar-refractivity contribution is 0.380. The molecule has 2 aromatic heterocycles. The third-order valence-corrected chi connectivity index (χ3v) is 4.83. The van der Waals surface area contributed by atoms with Crippen molar-refractivity contribution in [3.8, 4) is 0 Å². The summed E-state index contributed by atoms with van der Waals surface area (Å²) in [5.41, 5.74) is 7.27. The van der Waals surface area contributed by atoms with Crippen LogP contribution < -0.4 is 15.5 Å². The molecule has 7 nitrogen and oxygen atoms in total. The minimum Gasteiger partial charge on any atom is -0.370 e. The molecular formula is C16H23N7S. The Morgan fingerprint density at radius 1 is 1.25 bits per heavy atom. The Bertz CT molecular complexity index is 675. The molecule has 2 N–H and O–H groups in total. The van der Waals surface area contributed by atoms with Crippen molar-refractivity contribution in [2.75, 3.05) is 50.1 Å². The zero-order valence-corrected chi connectivity index (χ0v) is 14.9. The fourth-order valence-corrected chi connectivity index (χ4v) is 3.42. The fraction of sp³-hybridized carbons (Fsp3) is 0.438. The number of pyridine rings is 1. The maximum absolute atomic E-state index is 6.20. The normalized spacial score (nSPS) is 15.7. The van der Waals surface area contributed by atoms with Crippen molar-refractivity contribution in [1.82, 2.24) is 14.9 Å². The molecule has 8 heteroatoms. The Morgan fingerprint density at radius 2 is 2.04 bits per heavy atom. The zero-order valence-electron chi connectivity index (χ0n) is 14.1. The van der Waals surface area contributed by atoms with Crippen molar-refractivity contribution < 1.29 is 0 Å². The van der Waals surface area contributed by atoms with E-state index < -0.39 is 0 Å². The van der Waals surface area contributed by atoms with Gasteiger partial charge in [0.2, 0.25) is 0 Å². The molecule has 0 aromatic carbocycles. The third kappa shape index (κ3) is 3.76. The summed E-state index contributed by atoms with van der Waals surface area (Å²) in [6.45, 7) is 4.10. The molecule has 128 valence electrons. The van der Waals surface area contributed by atoms with Crippen LogP contribution in [0.1, 0.15) is 5.56 Å². The summed E-state index contributed by atoms with van der Waals surface area (Å²) < 4.78 is 0. The number of hydrogen-bond acceptors (Lipinski definition) is 6. The second-order valence-electron chi connectivity index (χ2n) is 5.84. The Morgan fingerprint density at radius 3 is 2.71 bits per heavy atom. The second kappa shape index (κ2) is 7.48. The highest BCUT2D eigenvalue weighted by atomic mass is 32.1. The van der Waals surface area contributed by atoms with Gasteiger partial charge in [-0.2, -0.15) is 0 Å². The number of aromatic nitrogens is 2. The maximum atomic E-state index is 6.20. The van der Waals surface area contributed by atoms with Crippen molar-refractivity contribution in [3.63, 3.8) is 0 Å². The highest BCUT2D eigenvalue weighted by Gasteiger charge is 2.19. The largest absolute Gasteiger partial charge is 0.370 e. The molecule has 0 spiro atoms. The highest BCUT2D eigenvalue weighted by molar-refractivity contribution is 7.13. The maximum Gasteiger partial charge on any atom is 0.191 e. The van der Waals surface area contributed by atoms with Gasteiger partial charge in [0.15, 0.2) is 11.1 Å². The summed E-state index contributed by atoms with van der Waals surface area (Å²) in [4.78, 5) is 19.8. The first-order valence-electron chi connectivity index (χ1n) is 7.95. The van der Waals surface area contributed by atoms with Gasteiger partial charge in [-0.1, -0.05) is 6.07 Å². The molecule has 0 unspecified atom stereocenters. The number of anilines is 2. The van der Waals surface area contributed by atoms with Gasteiger partial charge in [-0.15, -0.1) is 11.3 Å². The summed E-state index contributed by atoms with van der Waals surface area (Å²) in [5.74, 6) is 1.53. The van der Waals surface area contributed by atoms with E-state index in [1.54, 1.807) is 17.5 Å². The third-order valence-electron chi connectivity index (χ3n) is 4.00. The van der Waals surface area contributed by atoms with Crippen LogP contribution in [0.15, 0.2) is 34.9 Å². The number of nitrogens with zero attached hydrogens (tertiary/aromatic N) is 6. The molecule has 1 aliphatic rings. The van der Waals surface area contributed by atoms with E-state index in [-0.39, 0.29) is 0 Å². The van der Waals surface area contributed by atoms with E-state index in [4.69, 9.17) is 5.73 Å². The lowest BCUT2D eigenvalue weighted by Gasteiger charge is -2.35. The SMILES string of the molecule is CN(C)c1ncccc1CN=C(N)N1CCN(c2nccs2)CC1. The van der Waals surface area contributed by atoms with E-state index in [0.29, 0.717) is 12.5 Å². The van der Waals surface area contributed by atoms with Crippen molar-refractivity contribution in [2.45, 2.75) is 6.54 Å². The van der Waals surface area contributed by atoms with Crippen molar-refractivity contribution in [3.05, 3.63) is 35.5 Å². The summed E-state index contributed by atoms with van der Waals surface area (Å²) >= 11 is 1.67. The Balaban J connectivity index is 1.59. The van der Waals surface area contributed by atoms with Crippen molar-refractivity contribution >= 4 is 28.2 Å². The molecule has 1 aliphatic heterocycles. The van der Waals surface area contributed by atoms with Crippen molar-refractivity contribution in [2.24, 2.45) is 10.7 Å². The van der Waals surface area contributed by atoms with Crippen LogP contribution in [-0.2, 0) is 6.54 Å². The molecule has 0 amide bonds. The van der Waals surface area contributed by atoms with Crippen LogP contribution in [0.4, 0.5) is 10.9 Å². The van der Waals surface area contributed by atoms with Gasteiger partial charge in [0.05, 0.1) is 6.54 Å². The lowest BCUT2D eigenvalue weighted by atomic mass is 10.2. The summed E-state index contributed by atoms with van der Waals surface area (Å²) in [6, 6.07) is 3.97. The Hall–Kier alpha value is -2.35. The number of nitrogens with two attached hydrogens (primary N) is 1. The van der Waals surface area contributed by atoms with E-state index in [9.17, 15) is 0 Å².